The number of carbonyl (C=O) groups excluding carboxylic acids is 2. The van der Waals surface area contributed by atoms with Crippen molar-refractivity contribution in [2.24, 2.45) is 0 Å². The monoisotopic (exact) mass is 440 g/mol. The van der Waals surface area contributed by atoms with E-state index in [0.717, 1.165) is 12.1 Å². The molecule has 0 aliphatic heterocycles. The van der Waals surface area contributed by atoms with E-state index in [1.807, 2.05) is 6.92 Å². The minimum absolute atomic E-state index is 0.0319. The molecule has 168 valence electrons. The van der Waals surface area contributed by atoms with Gasteiger partial charge in [0.25, 0.3) is 11.8 Å². The van der Waals surface area contributed by atoms with Gasteiger partial charge in [0.15, 0.2) is 42.0 Å². The van der Waals surface area contributed by atoms with E-state index in [1.165, 1.54) is 14.2 Å². The molecule has 1 unspecified atom stereocenters. The molecule has 0 fully saturated rings. The molecular weight excluding hydrogens is 415 g/mol. The van der Waals surface area contributed by atoms with Crippen molar-refractivity contribution in [3.05, 3.63) is 47.8 Å². The number of hydrogen-bond donors (Lipinski definition) is 3. The number of hydrogen-bond acceptors (Lipinski definition) is 4. The van der Waals surface area contributed by atoms with E-state index in [4.69, 9.17) is 9.47 Å². The second-order valence-corrected chi connectivity index (χ2v) is 6.74. The fourth-order valence-corrected chi connectivity index (χ4v) is 2.98. The average Bonchev–Trinajstić information content (AvgIpc) is 2.74. The number of benzene rings is 2. The third-order valence-electron chi connectivity index (χ3n) is 4.40. The quantitative estimate of drug-likeness (QED) is 0.494. The Morgan fingerprint density at radius 1 is 0.903 bits per heavy atom. The molecule has 0 aliphatic carbocycles. The molecule has 0 radical (unpaired) electrons. The molecule has 0 aliphatic rings. The fraction of sp³-hybridized carbons (Fsp3) is 0.333. The Balaban J connectivity index is 1.99. The predicted molar refractivity (Wildman–Crippen MR) is 109 cm³/mol. The van der Waals surface area contributed by atoms with Crippen molar-refractivity contribution in [2.45, 2.75) is 13.3 Å². The maximum absolute atomic E-state index is 13.8. The van der Waals surface area contributed by atoms with Crippen molar-refractivity contribution in [1.29, 1.82) is 0 Å². The molecule has 2 amide bonds. The highest BCUT2D eigenvalue weighted by atomic mass is 19.2. The van der Waals surface area contributed by atoms with Crippen LogP contribution in [0, 0.1) is 17.5 Å². The fourth-order valence-electron chi connectivity index (χ4n) is 2.98. The van der Waals surface area contributed by atoms with Crippen LogP contribution < -0.4 is 25.0 Å². The normalized spacial score (nSPS) is 11.5. The van der Waals surface area contributed by atoms with Gasteiger partial charge in [-0.15, -0.1) is 0 Å². The standard InChI is InChI=1S/C21H24F3N3O4/c1-4-9-27(12-19(29)26-15-7-6-14(22)20(23)21(15)24)11-18(28)25-13-5-8-16(30-2)17(10-13)31-3/h5-8,10H,4,9,11-12H2,1-3H3,(H,25,28)(H,26,29)/p+1. The number of anilines is 2. The van der Waals surface area contributed by atoms with Crippen molar-refractivity contribution in [3.8, 4) is 11.5 Å². The second kappa shape index (κ2) is 11.2. The molecule has 0 bridgehead atoms. The smallest absolute Gasteiger partial charge is 0.279 e. The highest BCUT2D eigenvalue weighted by Gasteiger charge is 2.20. The lowest BCUT2D eigenvalue weighted by Crippen LogP contribution is -3.14. The number of rotatable bonds is 10. The molecule has 7 nitrogen and oxygen atoms in total. The summed E-state index contributed by atoms with van der Waals surface area (Å²) in [7, 11) is 2.98. The molecule has 2 aromatic carbocycles. The van der Waals surface area contributed by atoms with Gasteiger partial charge in [0, 0.05) is 11.8 Å². The van der Waals surface area contributed by atoms with Gasteiger partial charge in [-0.05, 0) is 30.7 Å². The van der Waals surface area contributed by atoms with Gasteiger partial charge in [-0.25, -0.2) is 13.2 Å². The summed E-state index contributed by atoms with van der Waals surface area (Å²) in [5, 5.41) is 4.94. The number of carbonyl (C=O) groups is 2. The molecule has 10 heteroatoms. The second-order valence-electron chi connectivity index (χ2n) is 6.74. The SMILES string of the molecule is CCC[NH+](CC(=O)Nc1ccc(OC)c(OC)c1)CC(=O)Nc1ccc(F)c(F)c1F. The summed E-state index contributed by atoms with van der Waals surface area (Å²) < 4.78 is 50.5. The Hall–Kier alpha value is -3.27. The summed E-state index contributed by atoms with van der Waals surface area (Å²) >= 11 is 0. The summed E-state index contributed by atoms with van der Waals surface area (Å²) in [5.74, 6) is -4.50. The van der Waals surface area contributed by atoms with Gasteiger partial charge in [-0.1, -0.05) is 6.92 Å². The van der Waals surface area contributed by atoms with Crippen LogP contribution in [0.5, 0.6) is 11.5 Å². The molecule has 1 atom stereocenters. The van der Waals surface area contributed by atoms with Crippen LogP contribution in [0.4, 0.5) is 24.5 Å². The lowest BCUT2D eigenvalue weighted by molar-refractivity contribution is -0.883. The van der Waals surface area contributed by atoms with Crippen LogP contribution in [0.1, 0.15) is 13.3 Å². The first-order valence-electron chi connectivity index (χ1n) is 9.57. The van der Waals surface area contributed by atoms with Crippen LogP contribution in [0.2, 0.25) is 0 Å². The minimum Gasteiger partial charge on any atom is -0.493 e. The summed E-state index contributed by atoms with van der Waals surface area (Å²) in [6.45, 7) is 2.19. The molecule has 31 heavy (non-hydrogen) atoms. The third-order valence-corrected chi connectivity index (χ3v) is 4.40. The summed E-state index contributed by atoms with van der Waals surface area (Å²) in [6.07, 6.45) is 0.686. The van der Waals surface area contributed by atoms with Crippen molar-refractivity contribution in [3.63, 3.8) is 0 Å². The van der Waals surface area contributed by atoms with Crippen molar-refractivity contribution >= 4 is 23.2 Å². The predicted octanol–water partition coefficient (Wildman–Crippen LogP) is 1.99. The van der Waals surface area contributed by atoms with Gasteiger partial charge >= 0.3 is 0 Å². The summed E-state index contributed by atoms with van der Waals surface area (Å²) in [5.41, 5.74) is 0.0290. The van der Waals surface area contributed by atoms with Gasteiger partial charge in [0.2, 0.25) is 0 Å². The number of halogens is 3. The van der Waals surface area contributed by atoms with E-state index in [1.54, 1.807) is 18.2 Å². The van der Waals surface area contributed by atoms with Crippen LogP contribution in [0.15, 0.2) is 30.3 Å². The van der Waals surface area contributed by atoms with Crippen LogP contribution in [0.3, 0.4) is 0 Å². The Kier molecular flexibility index (Phi) is 8.68. The number of amides is 2. The largest absolute Gasteiger partial charge is 0.493 e. The van der Waals surface area contributed by atoms with Gasteiger partial charge in [0.05, 0.1) is 26.5 Å². The molecule has 0 aromatic heterocycles. The van der Waals surface area contributed by atoms with E-state index in [9.17, 15) is 22.8 Å². The van der Waals surface area contributed by atoms with E-state index >= 15 is 0 Å². The van der Waals surface area contributed by atoms with E-state index in [-0.39, 0.29) is 19.0 Å². The minimum atomic E-state index is -1.66. The first-order valence-corrected chi connectivity index (χ1v) is 9.57. The maximum atomic E-state index is 13.8. The molecule has 0 heterocycles. The maximum Gasteiger partial charge on any atom is 0.279 e. The van der Waals surface area contributed by atoms with E-state index < -0.39 is 29.0 Å². The first kappa shape index (κ1) is 24.0. The van der Waals surface area contributed by atoms with Crippen LogP contribution in [-0.2, 0) is 9.59 Å². The third kappa shape index (κ3) is 6.61. The Morgan fingerprint density at radius 2 is 1.55 bits per heavy atom. The number of ether oxygens (including phenoxy) is 2. The van der Waals surface area contributed by atoms with Crippen molar-refractivity contribution in [2.75, 3.05) is 44.5 Å². The van der Waals surface area contributed by atoms with Crippen LogP contribution in [0.25, 0.3) is 0 Å². The highest BCUT2D eigenvalue weighted by Crippen LogP contribution is 2.29. The average molecular weight is 440 g/mol. The number of nitrogens with one attached hydrogen (secondary N) is 3. The summed E-state index contributed by atoms with van der Waals surface area (Å²) in [6, 6.07) is 6.57. The first-order chi connectivity index (χ1) is 14.8. The molecule has 0 saturated carbocycles. The molecule has 0 saturated heterocycles. The van der Waals surface area contributed by atoms with Gasteiger partial charge in [-0.3, -0.25) is 9.59 Å². The Morgan fingerprint density at radius 3 is 2.16 bits per heavy atom. The summed E-state index contributed by atoms with van der Waals surface area (Å²) in [4.78, 5) is 25.3. The Labute approximate surface area is 178 Å². The zero-order valence-corrected chi connectivity index (χ0v) is 17.5. The molecule has 0 spiro atoms. The highest BCUT2D eigenvalue weighted by molar-refractivity contribution is 5.93. The van der Waals surface area contributed by atoms with Gasteiger partial charge in [0.1, 0.15) is 0 Å². The van der Waals surface area contributed by atoms with Gasteiger partial charge < -0.3 is 25.0 Å². The number of methoxy groups -OCH3 is 2. The lowest BCUT2D eigenvalue weighted by Gasteiger charge is -2.18. The molecule has 2 rings (SSSR count). The molecular formula is C21H25F3N3O4+. The van der Waals surface area contributed by atoms with E-state index in [2.05, 4.69) is 10.6 Å². The van der Waals surface area contributed by atoms with E-state index in [0.29, 0.717) is 35.1 Å². The number of quaternary nitrogens is 1. The zero-order valence-electron chi connectivity index (χ0n) is 17.5. The van der Waals surface area contributed by atoms with Crippen LogP contribution >= 0.6 is 0 Å². The lowest BCUT2D eigenvalue weighted by atomic mass is 10.2. The topological polar surface area (TPSA) is 81.1 Å². The van der Waals surface area contributed by atoms with Crippen molar-refractivity contribution in [1.82, 2.24) is 0 Å². The van der Waals surface area contributed by atoms with Crippen molar-refractivity contribution < 1.29 is 37.1 Å². The van der Waals surface area contributed by atoms with Gasteiger partial charge in [-0.2, -0.15) is 0 Å². The molecule has 3 N–H and O–H groups in total. The van der Waals surface area contributed by atoms with Crippen LogP contribution in [-0.4, -0.2) is 45.7 Å². The zero-order chi connectivity index (χ0) is 23.0. The Bertz CT molecular complexity index is 940. The molecule has 2 aromatic rings.